The molecule has 1 aromatic carbocycles. The van der Waals surface area contributed by atoms with E-state index in [1.54, 1.807) is 6.92 Å². The van der Waals surface area contributed by atoms with Crippen molar-refractivity contribution < 1.29 is 4.42 Å². The van der Waals surface area contributed by atoms with Gasteiger partial charge in [-0.15, -0.1) is 10.2 Å². The second-order valence-electron chi connectivity index (χ2n) is 3.04. The number of rotatable bonds is 1. The molecule has 0 spiro atoms. The average molecular weight is 253 g/mol. The first-order chi connectivity index (χ1) is 6.68. The first kappa shape index (κ1) is 9.40. The first-order valence-corrected chi connectivity index (χ1v) is 5.03. The molecule has 0 saturated heterocycles. The predicted octanol–water partition coefficient (Wildman–Crippen LogP) is 3.12. The number of aryl methyl sites for hydroxylation is 1. The molecule has 0 unspecified atom stereocenters. The van der Waals surface area contributed by atoms with Gasteiger partial charge in [-0.2, -0.15) is 0 Å². The Morgan fingerprint density at radius 3 is 2.64 bits per heavy atom. The highest BCUT2D eigenvalue weighted by atomic mass is 79.9. The van der Waals surface area contributed by atoms with Crippen molar-refractivity contribution in [1.29, 1.82) is 0 Å². The van der Waals surface area contributed by atoms with Gasteiger partial charge in [-0.3, -0.25) is 0 Å². The fourth-order valence-electron chi connectivity index (χ4n) is 1.24. The van der Waals surface area contributed by atoms with Gasteiger partial charge in [0, 0.05) is 17.0 Å². The van der Waals surface area contributed by atoms with Gasteiger partial charge in [0.2, 0.25) is 11.8 Å². The Morgan fingerprint density at radius 1 is 1.21 bits per heavy atom. The summed E-state index contributed by atoms with van der Waals surface area (Å²) in [6.07, 6.45) is 0. The number of halogens is 1. The van der Waals surface area contributed by atoms with Gasteiger partial charge < -0.3 is 4.42 Å². The Morgan fingerprint density at radius 2 is 2.00 bits per heavy atom. The SMILES string of the molecule is Cc1nnc(-c2cccc(Br)c2C)o1. The minimum atomic E-state index is 0.571. The zero-order valence-electron chi connectivity index (χ0n) is 7.91. The molecule has 0 bridgehead atoms. The molecule has 0 fully saturated rings. The van der Waals surface area contributed by atoms with Crippen LogP contribution in [0.5, 0.6) is 0 Å². The number of hydrogen-bond donors (Lipinski definition) is 0. The summed E-state index contributed by atoms with van der Waals surface area (Å²) in [6.45, 7) is 3.79. The summed E-state index contributed by atoms with van der Waals surface area (Å²) in [5, 5.41) is 7.78. The molecule has 0 amide bonds. The lowest BCUT2D eigenvalue weighted by molar-refractivity contribution is 0.532. The zero-order valence-corrected chi connectivity index (χ0v) is 9.50. The highest BCUT2D eigenvalue weighted by Gasteiger charge is 2.09. The van der Waals surface area contributed by atoms with Crippen LogP contribution in [0, 0.1) is 13.8 Å². The zero-order chi connectivity index (χ0) is 10.1. The maximum absolute atomic E-state index is 5.36. The van der Waals surface area contributed by atoms with Crippen LogP contribution in [0.3, 0.4) is 0 Å². The van der Waals surface area contributed by atoms with E-state index in [4.69, 9.17) is 4.42 Å². The van der Waals surface area contributed by atoms with Crippen LogP contribution < -0.4 is 0 Å². The van der Waals surface area contributed by atoms with E-state index in [2.05, 4.69) is 26.1 Å². The highest BCUT2D eigenvalue weighted by molar-refractivity contribution is 9.10. The Hall–Kier alpha value is -1.16. The molecule has 14 heavy (non-hydrogen) atoms. The monoisotopic (exact) mass is 252 g/mol. The summed E-state index contributed by atoms with van der Waals surface area (Å²) >= 11 is 3.46. The number of aromatic nitrogens is 2. The molecule has 1 aromatic heterocycles. The Labute approximate surface area is 90.3 Å². The molecule has 0 N–H and O–H groups in total. The Kier molecular flexibility index (Phi) is 2.37. The van der Waals surface area contributed by atoms with E-state index >= 15 is 0 Å². The highest BCUT2D eigenvalue weighted by Crippen LogP contribution is 2.27. The number of benzene rings is 1. The maximum Gasteiger partial charge on any atom is 0.248 e. The average Bonchev–Trinajstić information content (AvgIpc) is 2.57. The summed E-state index contributed by atoms with van der Waals surface area (Å²) in [5.74, 6) is 1.15. The second-order valence-corrected chi connectivity index (χ2v) is 3.89. The van der Waals surface area contributed by atoms with Crippen molar-refractivity contribution in [3.05, 3.63) is 34.1 Å². The molecule has 0 aliphatic carbocycles. The number of nitrogens with zero attached hydrogens (tertiary/aromatic N) is 2. The second kappa shape index (κ2) is 3.53. The van der Waals surface area contributed by atoms with Gasteiger partial charge in [-0.1, -0.05) is 22.0 Å². The van der Waals surface area contributed by atoms with Crippen molar-refractivity contribution in [2.45, 2.75) is 13.8 Å². The standard InChI is InChI=1S/C10H9BrN2O/c1-6-8(4-3-5-9(6)11)10-13-12-7(2)14-10/h3-5H,1-2H3. The lowest BCUT2D eigenvalue weighted by Crippen LogP contribution is -1.84. The molecule has 1 heterocycles. The molecule has 4 heteroatoms. The molecule has 0 aliphatic rings. The van der Waals surface area contributed by atoms with Crippen LogP contribution in [0.4, 0.5) is 0 Å². The van der Waals surface area contributed by atoms with Crippen LogP contribution >= 0.6 is 15.9 Å². The summed E-state index contributed by atoms with van der Waals surface area (Å²) in [4.78, 5) is 0. The molecular weight excluding hydrogens is 244 g/mol. The van der Waals surface area contributed by atoms with Crippen LogP contribution in [0.1, 0.15) is 11.5 Å². The molecule has 0 atom stereocenters. The van der Waals surface area contributed by atoms with Crippen molar-refractivity contribution in [3.8, 4) is 11.5 Å². The molecule has 2 rings (SSSR count). The van der Waals surface area contributed by atoms with Gasteiger partial charge in [0.05, 0.1) is 0 Å². The topological polar surface area (TPSA) is 38.9 Å². The van der Waals surface area contributed by atoms with Crippen LogP contribution in [0.2, 0.25) is 0 Å². The van der Waals surface area contributed by atoms with Crippen LogP contribution in [0.25, 0.3) is 11.5 Å². The van der Waals surface area contributed by atoms with Gasteiger partial charge in [0.15, 0.2) is 0 Å². The van der Waals surface area contributed by atoms with Gasteiger partial charge in [0.25, 0.3) is 0 Å². The smallest absolute Gasteiger partial charge is 0.248 e. The van der Waals surface area contributed by atoms with Crippen molar-refractivity contribution in [2.75, 3.05) is 0 Å². The Balaban J connectivity index is 2.57. The molecule has 2 aromatic rings. The van der Waals surface area contributed by atoms with E-state index in [-0.39, 0.29) is 0 Å². The van der Waals surface area contributed by atoms with Gasteiger partial charge >= 0.3 is 0 Å². The third-order valence-electron chi connectivity index (χ3n) is 2.02. The molecule has 0 aliphatic heterocycles. The van der Waals surface area contributed by atoms with Gasteiger partial charge in [0.1, 0.15) is 0 Å². The van der Waals surface area contributed by atoms with E-state index in [9.17, 15) is 0 Å². The van der Waals surface area contributed by atoms with Crippen molar-refractivity contribution in [3.63, 3.8) is 0 Å². The third-order valence-corrected chi connectivity index (χ3v) is 2.88. The lowest BCUT2D eigenvalue weighted by atomic mass is 10.1. The minimum Gasteiger partial charge on any atom is -0.421 e. The van der Waals surface area contributed by atoms with E-state index < -0.39 is 0 Å². The van der Waals surface area contributed by atoms with Gasteiger partial charge in [-0.05, 0) is 24.6 Å². The largest absolute Gasteiger partial charge is 0.421 e. The van der Waals surface area contributed by atoms with Crippen LogP contribution in [-0.4, -0.2) is 10.2 Å². The predicted molar refractivity (Wildman–Crippen MR) is 56.9 cm³/mol. The fourth-order valence-corrected chi connectivity index (χ4v) is 1.61. The van der Waals surface area contributed by atoms with Crippen molar-refractivity contribution >= 4 is 15.9 Å². The molecular formula is C10H9BrN2O. The lowest BCUT2D eigenvalue weighted by Gasteiger charge is -2.01. The summed E-state index contributed by atoms with van der Waals surface area (Å²) < 4.78 is 6.41. The van der Waals surface area contributed by atoms with Crippen LogP contribution in [0.15, 0.2) is 27.1 Å². The van der Waals surface area contributed by atoms with E-state index in [1.165, 1.54) is 0 Å². The number of hydrogen-bond acceptors (Lipinski definition) is 3. The van der Waals surface area contributed by atoms with Crippen LogP contribution in [-0.2, 0) is 0 Å². The molecule has 72 valence electrons. The summed E-state index contributed by atoms with van der Waals surface area (Å²) in [7, 11) is 0. The minimum absolute atomic E-state index is 0.571. The first-order valence-electron chi connectivity index (χ1n) is 4.24. The molecule has 0 saturated carbocycles. The van der Waals surface area contributed by atoms with Crippen molar-refractivity contribution in [1.82, 2.24) is 10.2 Å². The van der Waals surface area contributed by atoms with E-state index in [1.807, 2.05) is 25.1 Å². The van der Waals surface area contributed by atoms with E-state index in [0.29, 0.717) is 11.8 Å². The maximum atomic E-state index is 5.36. The van der Waals surface area contributed by atoms with Crippen molar-refractivity contribution in [2.24, 2.45) is 0 Å². The third kappa shape index (κ3) is 1.57. The molecule has 0 radical (unpaired) electrons. The van der Waals surface area contributed by atoms with E-state index in [0.717, 1.165) is 15.6 Å². The fraction of sp³-hybridized carbons (Fsp3) is 0.200. The summed E-state index contributed by atoms with van der Waals surface area (Å²) in [5.41, 5.74) is 2.08. The molecule has 3 nitrogen and oxygen atoms in total. The quantitative estimate of drug-likeness (QED) is 0.783. The Bertz CT molecular complexity index is 465. The summed E-state index contributed by atoms with van der Waals surface area (Å²) in [6, 6.07) is 5.90. The normalized spacial score (nSPS) is 10.5. The van der Waals surface area contributed by atoms with Gasteiger partial charge in [-0.25, -0.2) is 0 Å².